The Kier molecular flexibility index (Phi) is 5.82. The third kappa shape index (κ3) is 4.06. The quantitative estimate of drug-likeness (QED) is 0.880. The first-order valence-electron chi connectivity index (χ1n) is 7.38. The molecule has 0 bridgehead atoms. The average molecular weight is 375 g/mol. The first-order chi connectivity index (χ1) is 9.95. The molecule has 21 heavy (non-hydrogen) atoms. The minimum Gasteiger partial charge on any atom is -0.316 e. The molecule has 6 heteroatoms. The first kappa shape index (κ1) is 16.9. The fraction of sp³-hybridized carbons (Fsp3) is 0.600. The van der Waals surface area contributed by atoms with Crippen LogP contribution in [0.15, 0.2) is 27.6 Å². The fourth-order valence-electron chi connectivity index (χ4n) is 2.68. The van der Waals surface area contributed by atoms with Crippen LogP contribution in [0.3, 0.4) is 0 Å². The highest BCUT2D eigenvalue weighted by atomic mass is 79.9. The van der Waals surface area contributed by atoms with Crippen molar-refractivity contribution in [1.29, 1.82) is 0 Å². The normalized spacial score (nSPS) is 21.2. The van der Waals surface area contributed by atoms with E-state index in [-0.39, 0.29) is 0 Å². The Bertz CT molecular complexity index is 589. The smallest absolute Gasteiger partial charge is 0.244 e. The summed E-state index contributed by atoms with van der Waals surface area (Å²) < 4.78 is 27.9. The molecule has 1 aliphatic rings. The highest BCUT2D eigenvalue weighted by Gasteiger charge is 2.28. The molecule has 0 saturated carbocycles. The summed E-state index contributed by atoms with van der Waals surface area (Å²) in [6.45, 7) is 4.16. The molecule has 2 rings (SSSR count). The maximum absolute atomic E-state index is 12.8. The second-order valence-corrected chi connectivity index (χ2v) is 8.50. The predicted octanol–water partition coefficient (Wildman–Crippen LogP) is 2.98. The number of nitrogens with zero attached hydrogens (tertiary/aromatic N) is 1. The van der Waals surface area contributed by atoms with Crippen LogP contribution in [-0.2, 0) is 16.6 Å². The van der Waals surface area contributed by atoms with Gasteiger partial charge in [0.1, 0.15) is 0 Å². The second-order valence-electron chi connectivity index (χ2n) is 5.74. The van der Waals surface area contributed by atoms with Crippen molar-refractivity contribution in [3.8, 4) is 0 Å². The summed E-state index contributed by atoms with van der Waals surface area (Å²) in [6, 6.07) is 5.46. The fourth-order valence-corrected chi connectivity index (χ4v) is 5.26. The number of hydrogen-bond acceptors (Lipinski definition) is 3. The number of benzene rings is 1. The van der Waals surface area contributed by atoms with Crippen molar-refractivity contribution < 1.29 is 8.42 Å². The molecule has 1 saturated heterocycles. The van der Waals surface area contributed by atoms with Crippen LogP contribution < -0.4 is 5.32 Å². The lowest BCUT2D eigenvalue weighted by Crippen LogP contribution is -2.32. The van der Waals surface area contributed by atoms with Crippen LogP contribution in [0, 0.1) is 5.92 Å². The lowest BCUT2D eigenvalue weighted by atomic mass is 10.0. The van der Waals surface area contributed by atoms with Crippen LogP contribution in [0.5, 0.6) is 0 Å². The summed E-state index contributed by atoms with van der Waals surface area (Å²) in [5, 5.41) is 3.07. The summed E-state index contributed by atoms with van der Waals surface area (Å²) in [4.78, 5) is 0.372. The standard InChI is InChI=1S/C15H23BrN2O2S/c1-12-4-3-8-18(9-7-12)21(19,20)15-6-5-13(11-17-2)10-14(15)16/h5-6,10,12,17H,3-4,7-9,11H2,1-2H3. The van der Waals surface area contributed by atoms with E-state index in [9.17, 15) is 8.42 Å². The molecular weight excluding hydrogens is 352 g/mol. The van der Waals surface area contributed by atoms with E-state index < -0.39 is 10.0 Å². The van der Waals surface area contributed by atoms with Gasteiger partial charge in [0, 0.05) is 24.1 Å². The van der Waals surface area contributed by atoms with Crippen LogP contribution in [0.25, 0.3) is 0 Å². The molecule has 1 atom stereocenters. The minimum absolute atomic E-state index is 0.372. The van der Waals surface area contributed by atoms with E-state index in [1.165, 1.54) is 0 Å². The maximum Gasteiger partial charge on any atom is 0.244 e. The van der Waals surface area contributed by atoms with Crippen molar-refractivity contribution >= 4 is 26.0 Å². The molecule has 1 aromatic rings. The van der Waals surface area contributed by atoms with Crippen LogP contribution in [0.2, 0.25) is 0 Å². The molecule has 4 nitrogen and oxygen atoms in total. The van der Waals surface area contributed by atoms with Gasteiger partial charge in [-0.15, -0.1) is 0 Å². The second kappa shape index (κ2) is 7.22. The third-order valence-corrected chi connectivity index (χ3v) is 6.85. The van der Waals surface area contributed by atoms with Gasteiger partial charge in [0.15, 0.2) is 0 Å². The van der Waals surface area contributed by atoms with Gasteiger partial charge in [0.2, 0.25) is 10.0 Å². The minimum atomic E-state index is -3.41. The zero-order valence-corrected chi connectivity index (χ0v) is 15.0. The largest absolute Gasteiger partial charge is 0.316 e. The number of halogens is 1. The molecule has 1 N–H and O–H groups in total. The third-order valence-electron chi connectivity index (χ3n) is 3.97. The summed E-state index contributed by atoms with van der Waals surface area (Å²) in [6.07, 6.45) is 2.98. The Morgan fingerprint density at radius 2 is 2.10 bits per heavy atom. The van der Waals surface area contributed by atoms with Crippen molar-refractivity contribution in [2.45, 2.75) is 37.6 Å². The molecule has 1 unspecified atom stereocenters. The van der Waals surface area contributed by atoms with Crippen LogP contribution >= 0.6 is 15.9 Å². The van der Waals surface area contributed by atoms with Crippen LogP contribution in [-0.4, -0.2) is 32.9 Å². The SMILES string of the molecule is CNCc1ccc(S(=O)(=O)N2CCCC(C)CC2)c(Br)c1. The molecule has 0 aliphatic carbocycles. The Hall–Kier alpha value is -0.430. The van der Waals surface area contributed by atoms with Crippen molar-refractivity contribution in [3.63, 3.8) is 0 Å². The van der Waals surface area contributed by atoms with Gasteiger partial charge in [-0.1, -0.05) is 13.0 Å². The van der Waals surface area contributed by atoms with Gasteiger partial charge >= 0.3 is 0 Å². The number of nitrogens with one attached hydrogen (secondary N) is 1. The van der Waals surface area contributed by atoms with Gasteiger partial charge in [0.25, 0.3) is 0 Å². The Morgan fingerprint density at radius 3 is 2.76 bits per heavy atom. The maximum atomic E-state index is 12.8. The molecule has 1 aliphatic heterocycles. The average Bonchev–Trinajstić information content (AvgIpc) is 2.64. The van der Waals surface area contributed by atoms with E-state index in [0.717, 1.165) is 31.4 Å². The molecule has 0 aromatic heterocycles. The van der Waals surface area contributed by atoms with Gasteiger partial charge in [-0.25, -0.2) is 8.42 Å². The van der Waals surface area contributed by atoms with E-state index >= 15 is 0 Å². The molecule has 118 valence electrons. The Balaban J connectivity index is 2.26. The monoisotopic (exact) mass is 374 g/mol. The molecule has 0 amide bonds. The summed E-state index contributed by atoms with van der Waals surface area (Å²) >= 11 is 3.42. The summed E-state index contributed by atoms with van der Waals surface area (Å²) in [5.41, 5.74) is 1.06. The molecule has 1 fully saturated rings. The highest BCUT2D eigenvalue weighted by Crippen LogP contribution is 2.28. The van der Waals surface area contributed by atoms with Gasteiger partial charge in [-0.2, -0.15) is 4.31 Å². The van der Waals surface area contributed by atoms with Crippen molar-refractivity contribution in [1.82, 2.24) is 9.62 Å². The molecular formula is C15H23BrN2O2S. The lowest BCUT2D eigenvalue weighted by Gasteiger charge is -2.21. The first-order valence-corrected chi connectivity index (χ1v) is 9.61. The Morgan fingerprint density at radius 1 is 1.33 bits per heavy atom. The van der Waals surface area contributed by atoms with E-state index in [1.807, 2.05) is 19.2 Å². The molecule has 1 heterocycles. The summed E-state index contributed by atoms with van der Waals surface area (Å²) in [5.74, 6) is 0.603. The van der Waals surface area contributed by atoms with Crippen LogP contribution in [0.1, 0.15) is 31.7 Å². The van der Waals surface area contributed by atoms with Gasteiger partial charge in [-0.05, 0) is 65.9 Å². The van der Waals surface area contributed by atoms with Crippen molar-refractivity contribution in [3.05, 3.63) is 28.2 Å². The zero-order valence-electron chi connectivity index (χ0n) is 12.6. The number of sulfonamides is 1. The van der Waals surface area contributed by atoms with E-state index in [0.29, 0.717) is 28.4 Å². The molecule has 0 spiro atoms. The molecule has 1 aromatic carbocycles. The number of hydrogen-bond donors (Lipinski definition) is 1. The molecule has 0 radical (unpaired) electrons. The highest BCUT2D eigenvalue weighted by molar-refractivity contribution is 9.10. The van der Waals surface area contributed by atoms with Gasteiger partial charge < -0.3 is 5.32 Å². The topological polar surface area (TPSA) is 49.4 Å². The van der Waals surface area contributed by atoms with Crippen molar-refractivity contribution in [2.75, 3.05) is 20.1 Å². The van der Waals surface area contributed by atoms with Crippen LogP contribution in [0.4, 0.5) is 0 Å². The Labute approximate surface area is 136 Å². The summed E-state index contributed by atoms with van der Waals surface area (Å²) in [7, 11) is -1.53. The van der Waals surface area contributed by atoms with E-state index in [2.05, 4.69) is 28.2 Å². The van der Waals surface area contributed by atoms with Gasteiger partial charge in [0.05, 0.1) is 4.90 Å². The van der Waals surface area contributed by atoms with Crippen molar-refractivity contribution in [2.24, 2.45) is 5.92 Å². The zero-order chi connectivity index (χ0) is 15.5. The lowest BCUT2D eigenvalue weighted by molar-refractivity contribution is 0.416. The predicted molar refractivity (Wildman–Crippen MR) is 88.7 cm³/mol. The van der Waals surface area contributed by atoms with Gasteiger partial charge in [-0.3, -0.25) is 0 Å². The van der Waals surface area contributed by atoms with E-state index in [1.54, 1.807) is 10.4 Å². The van der Waals surface area contributed by atoms with E-state index in [4.69, 9.17) is 0 Å². The number of rotatable bonds is 4.